The molecule has 118 valence electrons. The molecule has 0 aliphatic rings. The number of nitrogens with one attached hydrogen (secondary N) is 1. The summed E-state index contributed by atoms with van der Waals surface area (Å²) in [6.45, 7) is 5.43. The van der Waals surface area contributed by atoms with E-state index in [1.165, 1.54) is 18.2 Å². The molecule has 1 rings (SSSR count). The van der Waals surface area contributed by atoms with Crippen molar-refractivity contribution in [2.45, 2.75) is 26.4 Å². The number of alkyl halides is 3. The van der Waals surface area contributed by atoms with Gasteiger partial charge in [0.05, 0.1) is 11.1 Å². The summed E-state index contributed by atoms with van der Waals surface area (Å²) in [6, 6.07) is 4.75. The SMILES string of the molecule is CC(C)COCCCNC(=O)c1ccccc1C(F)(F)F. The molecule has 1 aromatic carbocycles. The van der Waals surface area contributed by atoms with Gasteiger partial charge in [0.25, 0.3) is 5.91 Å². The van der Waals surface area contributed by atoms with Gasteiger partial charge in [-0.1, -0.05) is 26.0 Å². The number of hydrogen-bond acceptors (Lipinski definition) is 2. The van der Waals surface area contributed by atoms with Gasteiger partial charge in [-0.3, -0.25) is 4.79 Å². The lowest BCUT2D eigenvalue weighted by Gasteiger charge is -2.12. The van der Waals surface area contributed by atoms with Crippen molar-refractivity contribution in [3.05, 3.63) is 35.4 Å². The molecule has 1 N–H and O–H groups in total. The van der Waals surface area contributed by atoms with Crippen LogP contribution in [0.15, 0.2) is 24.3 Å². The topological polar surface area (TPSA) is 38.3 Å². The van der Waals surface area contributed by atoms with Crippen LogP contribution in [0.25, 0.3) is 0 Å². The molecule has 1 amide bonds. The number of halogens is 3. The molecule has 0 aliphatic carbocycles. The van der Waals surface area contributed by atoms with Gasteiger partial charge in [0, 0.05) is 19.8 Å². The maximum atomic E-state index is 12.8. The quantitative estimate of drug-likeness (QED) is 0.783. The summed E-state index contributed by atoms with van der Waals surface area (Å²) in [5.41, 5.74) is -1.27. The Balaban J connectivity index is 2.46. The van der Waals surface area contributed by atoms with Crippen molar-refractivity contribution in [3.8, 4) is 0 Å². The van der Waals surface area contributed by atoms with E-state index in [0.29, 0.717) is 25.6 Å². The molecule has 0 fully saturated rings. The lowest BCUT2D eigenvalue weighted by atomic mass is 10.1. The highest BCUT2D eigenvalue weighted by Gasteiger charge is 2.34. The molecule has 0 aliphatic heterocycles. The van der Waals surface area contributed by atoms with Crippen LogP contribution < -0.4 is 5.32 Å². The predicted molar refractivity (Wildman–Crippen MR) is 74.1 cm³/mol. The Morgan fingerprint density at radius 3 is 2.57 bits per heavy atom. The average Bonchev–Trinajstić information content (AvgIpc) is 2.41. The first kappa shape index (κ1) is 17.5. The van der Waals surface area contributed by atoms with Crippen LogP contribution in [0.5, 0.6) is 0 Å². The Kier molecular flexibility index (Phi) is 6.68. The highest BCUT2D eigenvalue weighted by atomic mass is 19.4. The normalized spacial score (nSPS) is 11.7. The molecular weight excluding hydrogens is 283 g/mol. The molecule has 3 nitrogen and oxygen atoms in total. The van der Waals surface area contributed by atoms with Crippen LogP contribution in [0, 0.1) is 5.92 Å². The monoisotopic (exact) mass is 303 g/mol. The molecule has 6 heteroatoms. The largest absolute Gasteiger partial charge is 0.417 e. The Hall–Kier alpha value is -1.56. The molecule has 0 unspecified atom stereocenters. The van der Waals surface area contributed by atoms with E-state index in [0.717, 1.165) is 6.07 Å². The molecule has 0 spiro atoms. The number of hydrogen-bond donors (Lipinski definition) is 1. The average molecular weight is 303 g/mol. The van der Waals surface area contributed by atoms with Crippen molar-refractivity contribution < 1.29 is 22.7 Å². The minimum Gasteiger partial charge on any atom is -0.381 e. The minimum atomic E-state index is -4.53. The van der Waals surface area contributed by atoms with Crippen LogP contribution in [0.3, 0.4) is 0 Å². The highest BCUT2D eigenvalue weighted by molar-refractivity contribution is 5.95. The molecule has 0 aromatic heterocycles. The summed E-state index contributed by atoms with van der Waals surface area (Å²) in [6.07, 6.45) is -3.97. The smallest absolute Gasteiger partial charge is 0.381 e. The summed E-state index contributed by atoms with van der Waals surface area (Å²) in [5.74, 6) is -0.287. The maximum Gasteiger partial charge on any atom is 0.417 e. The molecule has 0 heterocycles. The van der Waals surface area contributed by atoms with Gasteiger partial charge < -0.3 is 10.1 Å². The Labute approximate surface area is 122 Å². The zero-order valence-corrected chi connectivity index (χ0v) is 12.2. The first-order valence-corrected chi connectivity index (χ1v) is 6.84. The second kappa shape index (κ2) is 8.02. The van der Waals surface area contributed by atoms with Crippen molar-refractivity contribution in [3.63, 3.8) is 0 Å². The second-order valence-electron chi connectivity index (χ2n) is 5.12. The lowest BCUT2D eigenvalue weighted by Crippen LogP contribution is -2.27. The van der Waals surface area contributed by atoms with E-state index in [4.69, 9.17) is 4.74 Å². The summed E-state index contributed by atoms with van der Waals surface area (Å²) in [5, 5.41) is 2.48. The van der Waals surface area contributed by atoms with Gasteiger partial charge in [0.1, 0.15) is 0 Å². The van der Waals surface area contributed by atoms with Crippen LogP contribution in [0.4, 0.5) is 13.2 Å². The third-order valence-electron chi connectivity index (χ3n) is 2.68. The number of amides is 1. The maximum absolute atomic E-state index is 12.8. The number of carbonyl (C=O) groups is 1. The summed E-state index contributed by atoms with van der Waals surface area (Å²) >= 11 is 0. The van der Waals surface area contributed by atoms with Gasteiger partial charge in [0.15, 0.2) is 0 Å². The zero-order valence-electron chi connectivity index (χ0n) is 12.2. The van der Waals surface area contributed by atoms with E-state index in [1.54, 1.807) is 0 Å². The van der Waals surface area contributed by atoms with Crippen molar-refractivity contribution in [2.75, 3.05) is 19.8 Å². The Morgan fingerprint density at radius 2 is 1.95 bits per heavy atom. The van der Waals surface area contributed by atoms with E-state index in [2.05, 4.69) is 5.32 Å². The van der Waals surface area contributed by atoms with E-state index < -0.39 is 17.6 Å². The van der Waals surface area contributed by atoms with Crippen LogP contribution in [0.2, 0.25) is 0 Å². The fourth-order valence-corrected chi connectivity index (χ4v) is 1.72. The molecular formula is C15H20F3NO2. The van der Waals surface area contributed by atoms with Crippen LogP contribution in [0.1, 0.15) is 36.2 Å². The standard InChI is InChI=1S/C15H20F3NO2/c1-11(2)10-21-9-5-8-19-14(20)12-6-3-4-7-13(12)15(16,17)18/h3-4,6-7,11H,5,8-10H2,1-2H3,(H,19,20). The minimum absolute atomic E-state index is 0.281. The van der Waals surface area contributed by atoms with Crippen LogP contribution in [-0.4, -0.2) is 25.7 Å². The van der Waals surface area contributed by atoms with E-state index in [-0.39, 0.29) is 12.1 Å². The molecule has 0 bridgehead atoms. The fourth-order valence-electron chi connectivity index (χ4n) is 1.72. The van der Waals surface area contributed by atoms with Gasteiger partial charge in [-0.2, -0.15) is 13.2 Å². The van der Waals surface area contributed by atoms with Crippen LogP contribution >= 0.6 is 0 Å². The molecule has 0 atom stereocenters. The van der Waals surface area contributed by atoms with Crippen molar-refractivity contribution in [1.82, 2.24) is 5.32 Å². The Bertz CT molecular complexity index is 458. The molecule has 0 saturated heterocycles. The zero-order chi connectivity index (χ0) is 15.9. The van der Waals surface area contributed by atoms with Crippen molar-refractivity contribution in [2.24, 2.45) is 5.92 Å². The molecule has 0 saturated carbocycles. The van der Waals surface area contributed by atoms with Gasteiger partial charge in [-0.15, -0.1) is 0 Å². The molecule has 0 radical (unpaired) electrons. The van der Waals surface area contributed by atoms with Gasteiger partial charge >= 0.3 is 6.18 Å². The van der Waals surface area contributed by atoms with Gasteiger partial charge in [-0.05, 0) is 24.5 Å². The fraction of sp³-hybridized carbons (Fsp3) is 0.533. The number of rotatable bonds is 7. The summed E-state index contributed by atoms with van der Waals surface area (Å²) in [4.78, 5) is 11.8. The number of ether oxygens (including phenoxy) is 1. The van der Waals surface area contributed by atoms with E-state index >= 15 is 0 Å². The number of carbonyl (C=O) groups excluding carboxylic acids is 1. The third-order valence-corrected chi connectivity index (χ3v) is 2.68. The van der Waals surface area contributed by atoms with E-state index in [9.17, 15) is 18.0 Å². The molecule has 21 heavy (non-hydrogen) atoms. The van der Waals surface area contributed by atoms with Gasteiger partial charge in [0.2, 0.25) is 0 Å². The first-order chi connectivity index (χ1) is 9.82. The van der Waals surface area contributed by atoms with E-state index in [1.807, 2.05) is 13.8 Å². The molecule has 1 aromatic rings. The summed E-state index contributed by atoms with van der Waals surface area (Å²) < 4.78 is 43.6. The van der Waals surface area contributed by atoms with Crippen molar-refractivity contribution >= 4 is 5.91 Å². The summed E-state index contributed by atoms with van der Waals surface area (Å²) in [7, 11) is 0. The van der Waals surface area contributed by atoms with Gasteiger partial charge in [-0.25, -0.2) is 0 Å². The van der Waals surface area contributed by atoms with Crippen LogP contribution in [-0.2, 0) is 10.9 Å². The second-order valence-corrected chi connectivity index (χ2v) is 5.12. The highest BCUT2D eigenvalue weighted by Crippen LogP contribution is 2.31. The lowest BCUT2D eigenvalue weighted by molar-refractivity contribution is -0.137. The van der Waals surface area contributed by atoms with Crippen molar-refractivity contribution in [1.29, 1.82) is 0 Å². The Morgan fingerprint density at radius 1 is 1.29 bits per heavy atom. The predicted octanol–water partition coefficient (Wildman–Crippen LogP) is 3.50. The first-order valence-electron chi connectivity index (χ1n) is 6.84. The third kappa shape index (κ3) is 6.16. The number of benzene rings is 1.